The van der Waals surface area contributed by atoms with Crippen molar-refractivity contribution in [1.29, 1.82) is 0 Å². The van der Waals surface area contributed by atoms with Crippen LogP contribution in [0, 0.1) is 0 Å². The highest BCUT2D eigenvalue weighted by molar-refractivity contribution is 6.33. The van der Waals surface area contributed by atoms with Gasteiger partial charge in [-0.15, -0.1) is 0 Å². The fourth-order valence-corrected chi connectivity index (χ4v) is 3.28. The first-order chi connectivity index (χ1) is 19.2. The molecule has 0 atom stereocenters. The van der Waals surface area contributed by atoms with Crippen molar-refractivity contribution in [3.8, 4) is 17.1 Å². The van der Waals surface area contributed by atoms with Gasteiger partial charge in [0.25, 0.3) is 5.56 Å². The maximum atomic E-state index is 11.9. The number of nitrogens with zero attached hydrogens (tertiary/aromatic N) is 9. The number of anilines is 1. The second-order valence-electron chi connectivity index (χ2n) is 6.97. The molecule has 0 aliphatic carbocycles. The lowest BCUT2D eigenvalue weighted by molar-refractivity contribution is -0.154. The Hall–Kier alpha value is -5.23. The molecule has 0 radical (unpaired) electrons. The van der Waals surface area contributed by atoms with Gasteiger partial charge in [-0.2, -0.15) is 19.7 Å². The zero-order valence-electron chi connectivity index (χ0n) is 20.4. The van der Waals surface area contributed by atoms with Crippen molar-refractivity contribution in [3.05, 3.63) is 63.8 Å². The van der Waals surface area contributed by atoms with E-state index in [1.807, 2.05) is 0 Å². The second-order valence-corrected chi connectivity index (χ2v) is 7.79. The van der Waals surface area contributed by atoms with Crippen molar-refractivity contribution >= 4 is 46.9 Å². The highest BCUT2D eigenvalue weighted by Crippen LogP contribution is 2.28. The van der Waals surface area contributed by atoms with E-state index in [0.29, 0.717) is 5.95 Å². The number of aromatic hydroxyl groups is 1. The summed E-state index contributed by atoms with van der Waals surface area (Å²) in [5, 5.41) is 19.9. The topological polar surface area (TPSA) is 255 Å². The van der Waals surface area contributed by atoms with Gasteiger partial charge in [0.05, 0.1) is 30.0 Å². The number of hydrogen-bond donors (Lipinski definition) is 4. The van der Waals surface area contributed by atoms with Crippen LogP contribution >= 0.6 is 23.2 Å². The van der Waals surface area contributed by atoms with Crippen molar-refractivity contribution in [3.63, 3.8) is 0 Å². The minimum Gasteiger partial charge on any atom is -0.493 e. The number of fused-ring (bicyclic) bond motifs is 1. The number of carbonyl (C=O) groups is 2. The summed E-state index contributed by atoms with van der Waals surface area (Å²) in [6.45, 7) is 0. The Morgan fingerprint density at radius 3 is 2.15 bits per heavy atom. The van der Waals surface area contributed by atoms with Gasteiger partial charge in [0.1, 0.15) is 36.6 Å². The molecule has 5 aromatic heterocycles. The third-order valence-electron chi connectivity index (χ3n) is 4.61. The van der Waals surface area contributed by atoms with Crippen LogP contribution in [-0.4, -0.2) is 86.0 Å². The number of ether oxygens (including phenoxy) is 2. The molecule has 40 heavy (non-hydrogen) atoms. The number of esters is 2. The van der Waals surface area contributed by atoms with Crippen LogP contribution in [0.3, 0.4) is 0 Å². The smallest absolute Gasteiger partial charge is 0.326 e. The highest BCUT2D eigenvalue weighted by atomic mass is 35.5. The number of nitrogen functional groups attached to an aromatic ring is 1. The van der Waals surface area contributed by atoms with Crippen LogP contribution in [-0.2, 0) is 19.1 Å². The molecule has 0 bridgehead atoms. The Labute approximate surface area is 232 Å². The molecule has 0 spiro atoms. The lowest BCUT2D eigenvalue weighted by atomic mass is 10.1. The fraction of sp³-hybridized carbons (Fsp3) is 0.150. The van der Waals surface area contributed by atoms with Crippen LogP contribution in [0.5, 0.6) is 5.88 Å². The summed E-state index contributed by atoms with van der Waals surface area (Å²) in [6, 6.07) is 0. The van der Waals surface area contributed by atoms with Crippen molar-refractivity contribution in [2.45, 2.75) is 5.92 Å². The predicted molar refractivity (Wildman–Crippen MR) is 136 cm³/mol. The number of carbonyl (C=O) groups excluding carboxylic acids is 2. The molecule has 5 aromatic rings. The number of halogens is 2. The monoisotopic (exact) mass is 592 g/mol. The summed E-state index contributed by atoms with van der Waals surface area (Å²) >= 11 is 11.7. The van der Waals surface area contributed by atoms with E-state index < -0.39 is 23.4 Å². The molecular formula is C20H18Cl2N12O6. The van der Waals surface area contributed by atoms with E-state index in [9.17, 15) is 19.5 Å². The number of methoxy groups -OCH3 is 2. The van der Waals surface area contributed by atoms with E-state index >= 15 is 0 Å². The minimum absolute atomic E-state index is 0.0652. The van der Waals surface area contributed by atoms with Crippen molar-refractivity contribution in [2.24, 2.45) is 0 Å². The Morgan fingerprint density at radius 2 is 1.62 bits per heavy atom. The fourth-order valence-electron chi connectivity index (χ4n) is 2.87. The number of H-pyrrole nitrogens is 2. The number of aromatic nitrogens is 11. The first kappa shape index (κ1) is 29.3. The third-order valence-corrected chi connectivity index (χ3v) is 5.17. The van der Waals surface area contributed by atoms with E-state index in [0.717, 1.165) is 18.7 Å². The zero-order chi connectivity index (χ0) is 29.2. The van der Waals surface area contributed by atoms with Crippen molar-refractivity contribution in [2.75, 3.05) is 20.0 Å². The molecule has 0 aromatic carbocycles. The Balaban J connectivity index is 0.000000184. The Kier molecular flexibility index (Phi) is 9.92. The van der Waals surface area contributed by atoms with Gasteiger partial charge in [-0.05, 0) is 0 Å². The van der Waals surface area contributed by atoms with Crippen LogP contribution in [0.4, 0.5) is 5.95 Å². The molecule has 0 saturated heterocycles. The number of nitrogens with one attached hydrogen (secondary N) is 2. The summed E-state index contributed by atoms with van der Waals surface area (Å²) in [5.41, 5.74) is 4.60. The third kappa shape index (κ3) is 6.79. The average Bonchev–Trinajstić information content (AvgIpc) is 3.63. The molecule has 20 heteroatoms. The van der Waals surface area contributed by atoms with Gasteiger partial charge in [0.15, 0.2) is 5.92 Å². The van der Waals surface area contributed by atoms with Crippen LogP contribution < -0.4 is 11.3 Å². The standard InChI is InChI=1S/C9H5ClN6O2.C9H9ClN2O4.C2H4N4/c10-4-1-11-2-12-6(4)5-7(17)15-9-13-3-14-16(9)8(5)18;1-15-8(13)6(9(14)16-2)7-5(10)3-11-4-12-7;3-2-4-1-5-6-2/h1-3,18H,(H,13,14,15,17);3-4,6H,1-2H3;1H,(H3,3,4,5,6). The summed E-state index contributed by atoms with van der Waals surface area (Å²) in [7, 11) is 2.32. The largest absolute Gasteiger partial charge is 0.493 e. The molecule has 0 fully saturated rings. The summed E-state index contributed by atoms with van der Waals surface area (Å²) < 4.78 is 10.1. The van der Waals surface area contributed by atoms with Gasteiger partial charge in [0.2, 0.25) is 17.6 Å². The van der Waals surface area contributed by atoms with Crippen LogP contribution in [0.15, 0.2) is 42.5 Å². The summed E-state index contributed by atoms with van der Waals surface area (Å²) in [6.07, 6.45) is 7.58. The summed E-state index contributed by atoms with van der Waals surface area (Å²) in [5.74, 6) is -2.75. The molecule has 5 heterocycles. The normalized spacial score (nSPS) is 10.2. The Morgan fingerprint density at radius 1 is 0.975 bits per heavy atom. The van der Waals surface area contributed by atoms with Crippen molar-refractivity contribution < 1.29 is 24.2 Å². The van der Waals surface area contributed by atoms with Crippen LogP contribution in [0.1, 0.15) is 11.6 Å². The van der Waals surface area contributed by atoms with Crippen molar-refractivity contribution in [1.82, 2.24) is 54.7 Å². The van der Waals surface area contributed by atoms with Gasteiger partial charge >= 0.3 is 11.9 Å². The lowest BCUT2D eigenvalue weighted by Crippen LogP contribution is -2.25. The molecule has 208 valence electrons. The van der Waals surface area contributed by atoms with Crippen LogP contribution in [0.25, 0.3) is 17.0 Å². The highest BCUT2D eigenvalue weighted by Gasteiger charge is 2.33. The van der Waals surface area contributed by atoms with Gasteiger partial charge in [-0.1, -0.05) is 23.2 Å². The number of hydrogen-bond acceptors (Lipinski definition) is 15. The summed E-state index contributed by atoms with van der Waals surface area (Å²) in [4.78, 5) is 59.5. The number of nitrogens with two attached hydrogens (primary N) is 1. The Bertz CT molecular complexity index is 1640. The van der Waals surface area contributed by atoms with Gasteiger partial charge in [-0.3, -0.25) is 19.4 Å². The minimum atomic E-state index is -1.29. The maximum absolute atomic E-state index is 11.9. The second kappa shape index (κ2) is 13.5. The molecule has 18 nitrogen and oxygen atoms in total. The average molecular weight is 593 g/mol. The van der Waals surface area contributed by atoms with Crippen LogP contribution in [0.2, 0.25) is 10.0 Å². The van der Waals surface area contributed by atoms with Gasteiger partial charge in [0, 0.05) is 12.4 Å². The molecule has 0 aliphatic heterocycles. The van der Waals surface area contributed by atoms with E-state index in [1.54, 1.807) is 0 Å². The van der Waals surface area contributed by atoms with E-state index in [-0.39, 0.29) is 38.7 Å². The first-order valence-electron chi connectivity index (χ1n) is 10.5. The van der Waals surface area contributed by atoms with E-state index in [2.05, 4.69) is 59.7 Å². The molecule has 5 N–H and O–H groups in total. The maximum Gasteiger partial charge on any atom is 0.326 e. The zero-order valence-corrected chi connectivity index (χ0v) is 21.9. The number of rotatable bonds is 4. The lowest BCUT2D eigenvalue weighted by Gasteiger charge is -2.12. The van der Waals surface area contributed by atoms with Gasteiger partial charge < -0.3 is 20.3 Å². The first-order valence-corrected chi connectivity index (χ1v) is 11.3. The van der Waals surface area contributed by atoms with Gasteiger partial charge in [-0.25, -0.2) is 30.0 Å². The molecule has 0 saturated carbocycles. The van der Waals surface area contributed by atoms with E-state index in [1.165, 1.54) is 37.7 Å². The molecular weight excluding hydrogens is 575 g/mol. The predicted octanol–water partition coefficient (Wildman–Crippen LogP) is 0.180. The molecule has 5 rings (SSSR count). The SMILES string of the molecule is COC(=O)C(C(=O)OC)c1ncncc1Cl.Nc1ncn[nH]1.O=c1[nH]c2ncnn2c(O)c1-c1ncncc1Cl. The van der Waals surface area contributed by atoms with E-state index in [4.69, 9.17) is 28.9 Å². The molecule has 0 aliphatic rings. The number of aromatic amines is 2. The molecule has 0 unspecified atom stereocenters. The molecule has 0 amide bonds. The quantitative estimate of drug-likeness (QED) is 0.160.